The van der Waals surface area contributed by atoms with Gasteiger partial charge in [0.05, 0.1) is 12.8 Å². The van der Waals surface area contributed by atoms with E-state index in [1.165, 1.54) is 12.1 Å². The van der Waals surface area contributed by atoms with E-state index in [1.54, 1.807) is 7.11 Å². The number of rotatable bonds is 4. The average Bonchev–Trinajstić information content (AvgIpc) is 2.62. The smallest absolute Gasteiger partial charge is 0.142 e. The number of hydrogen-bond donors (Lipinski definition) is 1. The monoisotopic (exact) mass is 263 g/mol. The van der Waals surface area contributed by atoms with Crippen LogP contribution >= 0.6 is 0 Å². The van der Waals surface area contributed by atoms with Gasteiger partial charge in [0, 0.05) is 19.1 Å². The Morgan fingerprint density at radius 3 is 2.84 bits per heavy atom. The summed E-state index contributed by atoms with van der Waals surface area (Å²) in [5.74, 6) is 0.957. The molecule has 4 heteroatoms. The Balaban J connectivity index is 2.18. The van der Waals surface area contributed by atoms with E-state index in [0.29, 0.717) is 6.04 Å². The zero-order chi connectivity index (χ0) is 13.7. The highest BCUT2D eigenvalue weighted by molar-refractivity contribution is 5.58. The van der Waals surface area contributed by atoms with E-state index < -0.39 is 0 Å². The summed E-state index contributed by atoms with van der Waals surface area (Å²) in [6.07, 6.45) is 2.22. The maximum Gasteiger partial charge on any atom is 0.142 e. The SMILES string of the molecule is COc1ccccc1N1CCCN(C)C(CCN)C1. The van der Waals surface area contributed by atoms with Crippen molar-refractivity contribution >= 4 is 5.69 Å². The third kappa shape index (κ3) is 3.39. The van der Waals surface area contributed by atoms with Crippen LogP contribution in [0.1, 0.15) is 12.8 Å². The molecule has 4 nitrogen and oxygen atoms in total. The molecule has 0 saturated carbocycles. The Labute approximate surface area is 116 Å². The Morgan fingerprint density at radius 2 is 2.11 bits per heavy atom. The van der Waals surface area contributed by atoms with Crippen molar-refractivity contribution in [3.8, 4) is 5.75 Å². The summed E-state index contributed by atoms with van der Waals surface area (Å²) in [6.45, 7) is 3.98. The van der Waals surface area contributed by atoms with Gasteiger partial charge >= 0.3 is 0 Å². The van der Waals surface area contributed by atoms with Crippen molar-refractivity contribution in [2.75, 3.05) is 45.2 Å². The highest BCUT2D eigenvalue weighted by Gasteiger charge is 2.23. The van der Waals surface area contributed by atoms with E-state index in [0.717, 1.165) is 38.3 Å². The molecular weight excluding hydrogens is 238 g/mol. The van der Waals surface area contributed by atoms with Crippen LogP contribution in [-0.2, 0) is 0 Å². The van der Waals surface area contributed by atoms with Crippen molar-refractivity contribution < 1.29 is 4.74 Å². The molecule has 1 aliphatic heterocycles. The molecule has 2 rings (SSSR count). The lowest BCUT2D eigenvalue weighted by Gasteiger charge is -2.30. The highest BCUT2D eigenvalue weighted by atomic mass is 16.5. The highest BCUT2D eigenvalue weighted by Crippen LogP contribution is 2.29. The fraction of sp³-hybridized carbons (Fsp3) is 0.600. The molecular formula is C15H25N3O. The third-order valence-electron chi connectivity index (χ3n) is 3.92. The van der Waals surface area contributed by atoms with Gasteiger partial charge in [0.1, 0.15) is 5.75 Å². The lowest BCUT2D eigenvalue weighted by molar-refractivity contribution is 0.251. The van der Waals surface area contributed by atoms with Crippen LogP contribution in [0.15, 0.2) is 24.3 Å². The van der Waals surface area contributed by atoms with Crippen LogP contribution in [0.4, 0.5) is 5.69 Å². The number of anilines is 1. The Hall–Kier alpha value is -1.26. The number of nitrogens with zero attached hydrogens (tertiary/aromatic N) is 2. The van der Waals surface area contributed by atoms with Crippen LogP contribution in [0, 0.1) is 0 Å². The minimum absolute atomic E-state index is 0.525. The molecule has 1 atom stereocenters. The number of benzene rings is 1. The quantitative estimate of drug-likeness (QED) is 0.895. The molecule has 19 heavy (non-hydrogen) atoms. The zero-order valence-corrected chi connectivity index (χ0v) is 12.0. The van der Waals surface area contributed by atoms with Gasteiger partial charge in [0.2, 0.25) is 0 Å². The molecule has 0 radical (unpaired) electrons. The Kier molecular flexibility index (Phi) is 5.05. The molecule has 1 aromatic rings. The summed E-state index contributed by atoms with van der Waals surface area (Å²) in [4.78, 5) is 4.87. The first-order valence-electron chi connectivity index (χ1n) is 7.04. The lowest BCUT2D eigenvalue weighted by Crippen LogP contribution is -2.40. The van der Waals surface area contributed by atoms with Gasteiger partial charge < -0.3 is 20.3 Å². The fourth-order valence-electron chi connectivity index (χ4n) is 2.79. The maximum atomic E-state index is 5.74. The largest absolute Gasteiger partial charge is 0.495 e. The summed E-state index contributed by atoms with van der Waals surface area (Å²) in [6, 6.07) is 8.79. The molecule has 0 bridgehead atoms. The summed E-state index contributed by atoms with van der Waals surface area (Å²) in [5.41, 5.74) is 6.94. The molecule has 0 amide bonds. The van der Waals surface area contributed by atoms with Crippen molar-refractivity contribution in [1.29, 1.82) is 0 Å². The predicted molar refractivity (Wildman–Crippen MR) is 79.9 cm³/mol. The summed E-state index contributed by atoms with van der Waals surface area (Å²) in [5, 5.41) is 0. The molecule has 0 spiro atoms. The van der Waals surface area contributed by atoms with Crippen LogP contribution in [0.5, 0.6) is 5.75 Å². The topological polar surface area (TPSA) is 41.7 Å². The number of para-hydroxylation sites is 2. The predicted octanol–water partition coefficient (Wildman–Crippen LogP) is 1.55. The van der Waals surface area contributed by atoms with E-state index in [9.17, 15) is 0 Å². The van der Waals surface area contributed by atoms with E-state index in [4.69, 9.17) is 10.5 Å². The second-order valence-corrected chi connectivity index (χ2v) is 5.18. The molecule has 0 aromatic heterocycles. The number of nitrogens with two attached hydrogens (primary N) is 1. The molecule has 1 fully saturated rings. The molecule has 1 saturated heterocycles. The standard InChI is InChI=1S/C15H25N3O/c1-17-10-5-11-18(12-13(17)8-9-16)14-6-3-4-7-15(14)19-2/h3-4,6-7,13H,5,8-12,16H2,1-2H3. The van der Waals surface area contributed by atoms with Gasteiger partial charge in [-0.05, 0) is 45.1 Å². The van der Waals surface area contributed by atoms with E-state index >= 15 is 0 Å². The first-order chi connectivity index (χ1) is 9.26. The maximum absolute atomic E-state index is 5.74. The van der Waals surface area contributed by atoms with Gasteiger partial charge in [0.25, 0.3) is 0 Å². The average molecular weight is 263 g/mol. The van der Waals surface area contributed by atoms with Crippen LogP contribution in [0.25, 0.3) is 0 Å². The van der Waals surface area contributed by atoms with Crippen LogP contribution in [0.3, 0.4) is 0 Å². The molecule has 1 aliphatic rings. The first-order valence-corrected chi connectivity index (χ1v) is 7.04. The normalized spacial score (nSPS) is 21.2. The van der Waals surface area contributed by atoms with Crippen molar-refractivity contribution in [2.24, 2.45) is 5.73 Å². The number of ether oxygens (including phenoxy) is 1. The van der Waals surface area contributed by atoms with E-state index in [1.807, 2.05) is 12.1 Å². The van der Waals surface area contributed by atoms with Gasteiger partial charge in [-0.25, -0.2) is 0 Å². The second kappa shape index (κ2) is 6.78. The van der Waals surface area contributed by atoms with Crippen LogP contribution in [-0.4, -0.2) is 51.3 Å². The molecule has 1 aromatic carbocycles. The molecule has 106 valence electrons. The Bertz CT molecular complexity index is 397. The second-order valence-electron chi connectivity index (χ2n) is 5.18. The van der Waals surface area contributed by atoms with Gasteiger partial charge in [-0.2, -0.15) is 0 Å². The molecule has 1 heterocycles. The summed E-state index contributed by atoms with van der Waals surface area (Å²) < 4.78 is 5.48. The van der Waals surface area contributed by atoms with Gasteiger partial charge in [-0.1, -0.05) is 12.1 Å². The number of likely N-dealkylation sites (N-methyl/N-ethyl adjacent to an activating group) is 1. The zero-order valence-electron chi connectivity index (χ0n) is 12.0. The van der Waals surface area contributed by atoms with Crippen LogP contribution in [0.2, 0.25) is 0 Å². The molecule has 2 N–H and O–H groups in total. The van der Waals surface area contributed by atoms with Crippen molar-refractivity contribution in [1.82, 2.24) is 4.90 Å². The third-order valence-corrected chi connectivity index (χ3v) is 3.92. The Morgan fingerprint density at radius 1 is 1.32 bits per heavy atom. The van der Waals surface area contributed by atoms with E-state index in [-0.39, 0.29) is 0 Å². The van der Waals surface area contributed by atoms with Gasteiger partial charge in [0.15, 0.2) is 0 Å². The van der Waals surface area contributed by atoms with Gasteiger partial charge in [-0.15, -0.1) is 0 Å². The minimum Gasteiger partial charge on any atom is -0.495 e. The van der Waals surface area contributed by atoms with Crippen LogP contribution < -0.4 is 15.4 Å². The van der Waals surface area contributed by atoms with Crippen molar-refractivity contribution in [3.63, 3.8) is 0 Å². The summed E-state index contributed by atoms with van der Waals surface area (Å²) >= 11 is 0. The van der Waals surface area contributed by atoms with Gasteiger partial charge in [-0.3, -0.25) is 0 Å². The molecule has 1 unspecified atom stereocenters. The minimum atomic E-state index is 0.525. The fourth-order valence-corrected chi connectivity index (χ4v) is 2.79. The lowest BCUT2D eigenvalue weighted by atomic mass is 10.1. The first kappa shape index (κ1) is 14.2. The summed E-state index contributed by atoms with van der Waals surface area (Å²) in [7, 11) is 3.94. The molecule has 0 aliphatic carbocycles. The van der Waals surface area contributed by atoms with E-state index in [2.05, 4.69) is 29.0 Å². The number of hydrogen-bond acceptors (Lipinski definition) is 4. The van der Waals surface area contributed by atoms with Crippen molar-refractivity contribution in [3.05, 3.63) is 24.3 Å². The van der Waals surface area contributed by atoms with Crippen molar-refractivity contribution in [2.45, 2.75) is 18.9 Å². The number of methoxy groups -OCH3 is 1.